The Morgan fingerprint density at radius 1 is 0.743 bits per heavy atom. The van der Waals surface area contributed by atoms with Crippen LogP contribution in [0.5, 0.6) is 0 Å². The van der Waals surface area contributed by atoms with E-state index in [1.54, 1.807) is 0 Å². The van der Waals surface area contributed by atoms with Gasteiger partial charge in [0.05, 0.1) is 0 Å². The van der Waals surface area contributed by atoms with Crippen LogP contribution >= 0.6 is 0 Å². The highest BCUT2D eigenvalue weighted by Gasteiger charge is 2.36. The predicted molar refractivity (Wildman–Crippen MR) is 150 cm³/mol. The smallest absolute Gasteiger partial charge is 0.0421 e. The minimum absolute atomic E-state index is 0.0268. The Hall–Kier alpha value is -3.84. The highest BCUT2D eigenvalue weighted by Crippen LogP contribution is 2.51. The highest BCUT2D eigenvalue weighted by molar-refractivity contribution is 6.13. The number of fused-ring (bicyclic) bond motifs is 7. The highest BCUT2D eigenvalue weighted by atomic mass is 14.9. The maximum absolute atomic E-state index is 3.80. The van der Waals surface area contributed by atoms with Gasteiger partial charge in [0.2, 0.25) is 0 Å². The molecule has 170 valence electrons. The molecule has 0 spiro atoms. The molecule has 2 aliphatic rings. The third-order valence-electron chi connectivity index (χ3n) is 8.24. The maximum Gasteiger partial charge on any atom is 0.0421 e. The van der Waals surface area contributed by atoms with E-state index in [1.165, 1.54) is 71.9 Å². The van der Waals surface area contributed by atoms with Gasteiger partial charge in [-0.15, -0.1) is 0 Å². The molecule has 7 rings (SSSR count). The Balaban J connectivity index is 1.38. The van der Waals surface area contributed by atoms with Gasteiger partial charge in [-0.2, -0.15) is 0 Å². The van der Waals surface area contributed by atoms with E-state index in [4.69, 9.17) is 0 Å². The van der Waals surface area contributed by atoms with E-state index in [2.05, 4.69) is 117 Å². The van der Waals surface area contributed by atoms with Gasteiger partial charge in [-0.3, -0.25) is 0 Å². The van der Waals surface area contributed by atoms with E-state index < -0.39 is 0 Å². The topological polar surface area (TPSA) is 12.0 Å². The molecule has 35 heavy (non-hydrogen) atoms. The predicted octanol–water partition coefficient (Wildman–Crippen LogP) is 8.87. The van der Waals surface area contributed by atoms with Crippen molar-refractivity contribution in [3.63, 3.8) is 0 Å². The fraction of sp³-hybridized carbons (Fsp3) is 0.176. The van der Waals surface area contributed by atoms with Gasteiger partial charge in [0.1, 0.15) is 0 Å². The Morgan fingerprint density at radius 3 is 2.17 bits per heavy atom. The van der Waals surface area contributed by atoms with Crippen molar-refractivity contribution in [2.45, 2.75) is 39.0 Å². The summed E-state index contributed by atoms with van der Waals surface area (Å²) in [7, 11) is 0. The zero-order chi connectivity index (χ0) is 23.7. The summed E-state index contributed by atoms with van der Waals surface area (Å²) in [5.41, 5.74) is 12.4. The maximum atomic E-state index is 3.80. The summed E-state index contributed by atoms with van der Waals surface area (Å²) in [6, 6.07) is 31.5. The number of allylic oxidation sites excluding steroid dienone is 1. The fourth-order valence-corrected chi connectivity index (χ4v) is 6.53. The number of anilines is 1. The molecule has 1 aliphatic carbocycles. The molecule has 0 saturated heterocycles. The first-order chi connectivity index (χ1) is 17.1. The van der Waals surface area contributed by atoms with Crippen LogP contribution in [0.2, 0.25) is 0 Å². The second-order valence-electron chi connectivity index (χ2n) is 10.5. The van der Waals surface area contributed by atoms with Crippen LogP contribution in [-0.2, 0) is 18.3 Å². The van der Waals surface area contributed by atoms with Crippen molar-refractivity contribution in [2.75, 3.05) is 5.32 Å². The lowest BCUT2D eigenvalue weighted by Gasteiger charge is -2.21. The molecular weight excluding hydrogens is 422 g/mol. The molecule has 0 atom stereocenters. The number of hydrogen-bond donors (Lipinski definition) is 1. The second kappa shape index (κ2) is 7.33. The number of benzene rings is 5. The van der Waals surface area contributed by atoms with Crippen molar-refractivity contribution in [1.82, 2.24) is 0 Å². The van der Waals surface area contributed by atoms with E-state index >= 15 is 0 Å². The van der Waals surface area contributed by atoms with Crippen LogP contribution in [0, 0.1) is 0 Å². The van der Waals surface area contributed by atoms with Crippen molar-refractivity contribution in [3.8, 4) is 11.1 Å². The minimum atomic E-state index is 0.0268. The lowest BCUT2D eigenvalue weighted by atomic mass is 9.82. The average molecular weight is 452 g/mol. The van der Waals surface area contributed by atoms with Crippen LogP contribution in [0.15, 0.2) is 90.6 Å². The van der Waals surface area contributed by atoms with E-state index in [9.17, 15) is 0 Å². The van der Waals surface area contributed by atoms with Crippen LogP contribution in [0.4, 0.5) is 5.69 Å². The zero-order valence-electron chi connectivity index (χ0n) is 20.6. The molecule has 0 radical (unpaired) electrons. The van der Waals surface area contributed by atoms with Gasteiger partial charge in [0, 0.05) is 23.2 Å². The SMILES string of the molecule is CCc1c(/C=C2\Cc3cc4c(cc3N2)C(C)(C)c2ccccc2-4)c2ccccc2c2ccccc12. The largest absolute Gasteiger partial charge is 0.358 e. The Bertz CT molecular complexity index is 1700. The Morgan fingerprint density at radius 2 is 1.40 bits per heavy atom. The monoisotopic (exact) mass is 451 g/mol. The summed E-state index contributed by atoms with van der Waals surface area (Å²) < 4.78 is 0. The summed E-state index contributed by atoms with van der Waals surface area (Å²) in [4.78, 5) is 0. The van der Waals surface area contributed by atoms with Crippen LogP contribution in [0.1, 0.15) is 48.6 Å². The quantitative estimate of drug-likeness (QED) is 0.264. The van der Waals surface area contributed by atoms with Gasteiger partial charge >= 0.3 is 0 Å². The first kappa shape index (κ1) is 20.5. The van der Waals surface area contributed by atoms with E-state index in [0.717, 1.165) is 12.8 Å². The molecule has 5 aromatic rings. The number of nitrogens with one attached hydrogen (secondary N) is 1. The lowest BCUT2D eigenvalue weighted by molar-refractivity contribution is 0.660. The summed E-state index contributed by atoms with van der Waals surface area (Å²) >= 11 is 0. The molecule has 0 unspecified atom stereocenters. The average Bonchev–Trinajstić information content (AvgIpc) is 3.38. The third-order valence-corrected chi connectivity index (χ3v) is 8.24. The standard InChI is InChI=1S/C34H29N/c1-4-23-24-11-5-6-12-25(24)26-13-7-8-14-27(26)29(23)19-22-17-21-18-30-28-15-9-10-16-31(28)34(2,3)32(30)20-33(21)35-22/h5-16,18-20,35H,4,17H2,1-3H3/b22-19+. The van der Waals surface area contributed by atoms with Gasteiger partial charge < -0.3 is 5.32 Å². The molecule has 0 fully saturated rings. The summed E-state index contributed by atoms with van der Waals surface area (Å²) in [5.74, 6) is 0. The molecule has 0 aromatic heterocycles. The molecule has 5 aromatic carbocycles. The number of hydrogen-bond acceptors (Lipinski definition) is 1. The molecule has 0 amide bonds. The van der Waals surface area contributed by atoms with Crippen LogP contribution < -0.4 is 5.32 Å². The third kappa shape index (κ3) is 2.88. The van der Waals surface area contributed by atoms with E-state index in [0.29, 0.717) is 0 Å². The first-order valence-electron chi connectivity index (χ1n) is 12.7. The Kier molecular flexibility index (Phi) is 4.30. The normalized spacial score (nSPS) is 16.4. The van der Waals surface area contributed by atoms with Crippen molar-refractivity contribution in [3.05, 3.63) is 118 Å². The zero-order valence-corrected chi connectivity index (χ0v) is 20.6. The van der Waals surface area contributed by atoms with E-state index in [-0.39, 0.29) is 5.41 Å². The summed E-state index contributed by atoms with van der Waals surface area (Å²) in [6.07, 6.45) is 4.37. The first-order valence-corrected chi connectivity index (χ1v) is 12.7. The summed E-state index contributed by atoms with van der Waals surface area (Å²) in [6.45, 7) is 6.98. The summed E-state index contributed by atoms with van der Waals surface area (Å²) in [5, 5.41) is 9.19. The van der Waals surface area contributed by atoms with Crippen LogP contribution in [0.25, 0.3) is 38.7 Å². The number of rotatable bonds is 2. The van der Waals surface area contributed by atoms with E-state index in [1.807, 2.05) is 0 Å². The minimum Gasteiger partial charge on any atom is -0.358 e. The molecule has 1 heterocycles. The van der Waals surface area contributed by atoms with Gasteiger partial charge in [-0.25, -0.2) is 0 Å². The second-order valence-corrected chi connectivity index (χ2v) is 10.5. The van der Waals surface area contributed by atoms with Crippen molar-refractivity contribution in [2.24, 2.45) is 0 Å². The molecule has 0 bridgehead atoms. The van der Waals surface area contributed by atoms with Gasteiger partial charge in [0.25, 0.3) is 0 Å². The van der Waals surface area contributed by atoms with Crippen molar-refractivity contribution in [1.29, 1.82) is 0 Å². The van der Waals surface area contributed by atoms with Crippen LogP contribution in [0.3, 0.4) is 0 Å². The molecule has 1 heteroatoms. The molecule has 1 nitrogen and oxygen atoms in total. The molecule has 1 aliphatic heterocycles. The van der Waals surface area contributed by atoms with Gasteiger partial charge in [0.15, 0.2) is 0 Å². The van der Waals surface area contributed by atoms with Gasteiger partial charge in [-0.05, 0) is 85.1 Å². The van der Waals surface area contributed by atoms with Crippen molar-refractivity contribution < 1.29 is 0 Å². The number of aryl methyl sites for hydroxylation is 1. The molecule has 0 saturated carbocycles. The molecular formula is C34H29N. The Labute approximate surface area is 207 Å². The lowest BCUT2D eigenvalue weighted by Crippen LogP contribution is -2.15. The van der Waals surface area contributed by atoms with Crippen molar-refractivity contribution >= 4 is 33.3 Å². The fourth-order valence-electron chi connectivity index (χ4n) is 6.53. The molecule has 1 N–H and O–H groups in total. The van der Waals surface area contributed by atoms with Gasteiger partial charge in [-0.1, -0.05) is 93.6 Å². The van der Waals surface area contributed by atoms with Crippen LogP contribution in [-0.4, -0.2) is 0 Å².